The molecular weight excluding hydrogens is 450 g/mol. The van der Waals surface area contributed by atoms with E-state index in [9.17, 15) is 23.3 Å². The number of aryl methyl sites for hydroxylation is 1. The van der Waals surface area contributed by atoms with E-state index in [2.05, 4.69) is 10.4 Å². The normalized spacial score (nSPS) is 14.7. The average molecular weight is 471 g/mol. The SMILES string of the molecule is Cc1ccc(S(=O)(=O)N2CCOCC2)cc1NC(=O)c1ccn(-c2cccc([N+](=O)[O-])c2)n1. The number of hydrogen-bond donors (Lipinski definition) is 1. The van der Waals surface area contributed by atoms with Crippen molar-refractivity contribution in [2.75, 3.05) is 31.6 Å². The number of carbonyl (C=O) groups is 1. The first-order chi connectivity index (χ1) is 15.8. The molecule has 0 aliphatic carbocycles. The molecule has 1 N–H and O–H groups in total. The fourth-order valence-corrected chi connectivity index (χ4v) is 4.79. The number of amides is 1. The first-order valence-electron chi connectivity index (χ1n) is 10.1. The van der Waals surface area contributed by atoms with Gasteiger partial charge in [-0.3, -0.25) is 14.9 Å². The number of nitrogens with zero attached hydrogens (tertiary/aromatic N) is 4. The van der Waals surface area contributed by atoms with Crippen LogP contribution in [0.2, 0.25) is 0 Å². The van der Waals surface area contributed by atoms with Gasteiger partial charge in [-0.05, 0) is 36.8 Å². The van der Waals surface area contributed by atoms with Gasteiger partial charge in [0, 0.05) is 37.1 Å². The van der Waals surface area contributed by atoms with Crippen LogP contribution < -0.4 is 5.32 Å². The number of rotatable bonds is 6. The Bertz CT molecular complexity index is 1310. The zero-order chi connectivity index (χ0) is 23.6. The molecule has 0 radical (unpaired) electrons. The van der Waals surface area contributed by atoms with Crippen LogP contribution >= 0.6 is 0 Å². The van der Waals surface area contributed by atoms with Gasteiger partial charge in [0.05, 0.1) is 28.7 Å². The zero-order valence-electron chi connectivity index (χ0n) is 17.7. The molecule has 0 saturated carbocycles. The minimum Gasteiger partial charge on any atom is -0.379 e. The van der Waals surface area contributed by atoms with Crippen molar-refractivity contribution in [1.29, 1.82) is 0 Å². The van der Waals surface area contributed by atoms with Gasteiger partial charge in [-0.1, -0.05) is 12.1 Å². The van der Waals surface area contributed by atoms with Gasteiger partial charge >= 0.3 is 0 Å². The number of nitro groups is 1. The molecule has 2 aromatic carbocycles. The third-order valence-electron chi connectivity index (χ3n) is 5.19. The first-order valence-corrected chi connectivity index (χ1v) is 11.5. The summed E-state index contributed by atoms with van der Waals surface area (Å²) in [4.78, 5) is 23.3. The van der Waals surface area contributed by atoms with Crippen molar-refractivity contribution < 1.29 is 22.9 Å². The summed E-state index contributed by atoms with van der Waals surface area (Å²) in [6.07, 6.45) is 1.51. The van der Waals surface area contributed by atoms with Crippen LogP contribution in [-0.4, -0.2) is 59.6 Å². The maximum absolute atomic E-state index is 12.9. The monoisotopic (exact) mass is 471 g/mol. The molecule has 33 heavy (non-hydrogen) atoms. The Kier molecular flexibility index (Phi) is 6.22. The van der Waals surface area contributed by atoms with Gasteiger partial charge in [-0.15, -0.1) is 0 Å². The van der Waals surface area contributed by atoms with E-state index in [1.165, 1.54) is 51.6 Å². The summed E-state index contributed by atoms with van der Waals surface area (Å²) < 4.78 is 33.8. The Labute approximate surface area is 189 Å². The molecule has 172 valence electrons. The molecule has 11 nitrogen and oxygen atoms in total. The summed E-state index contributed by atoms with van der Waals surface area (Å²) in [5.74, 6) is -0.539. The van der Waals surface area contributed by atoms with Gasteiger partial charge in [0.25, 0.3) is 11.6 Å². The second-order valence-electron chi connectivity index (χ2n) is 7.37. The smallest absolute Gasteiger partial charge is 0.276 e. The topological polar surface area (TPSA) is 137 Å². The van der Waals surface area contributed by atoms with Crippen LogP contribution in [0.5, 0.6) is 0 Å². The Hall–Kier alpha value is -3.61. The van der Waals surface area contributed by atoms with Crippen molar-refractivity contribution in [1.82, 2.24) is 14.1 Å². The van der Waals surface area contributed by atoms with Crippen molar-refractivity contribution >= 4 is 27.3 Å². The second-order valence-corrected chi connectivity index (χ2v) is 9.31. The predicted octanol–water partition coefficient (Wildman–Crippen LogP) is 2.36. The molecule has 1 fully saturated rings. The van der Waals surface area contributed by atoms with E-state index < -0.39 is 20.9 Å². The van der Waals surface area contributed by atoms with Gasteiger partial charge in [-0.25, -0.2) is 13.1 Å². The molecular formula is C21H21N5O6S. The fourth-order valence-electron chi connectivity index (χ4n) is 3.36. The van der Waals surface area contributed by atoms with Crippen LogP contribution in [-0.2, 0) is 14.8 Å². The maximum atomic E-state index is 12.9. The fraction of sp³-hybridized carbons (Fsp3) is 0.238. The molecule has 0 bridgehead atoms. The number of nitrogens with one attached hydrogen (secondary N) is 1. The molecule has 0 unspecified atom stereocenters. The third-order valence-corrected chi connectivity index (χ3v) is 7.09. The van der Waals surface area contributed by atoms with Crippen molar-refractivity contribution in [3.05, 3.63) is 76.1 Å². The van der Waals surface area contributed by atoms with E-state index in [1.807, 2.05) is 0 Å². The van der Waals surface area contributed by atoms with Crippen LogP contribution in [0.3, 0.4) is 0 Å². The number of aromatic nitrogens is 2. The molecule has 0 spiro atoms. The van der Waals surface area contributed by atoms with E-state index in [-0.39, 0.29) is 29.4 Å². The minimum absolute atomic E-state index is 0.0716. The largest absolute Gasteiger partial charge is 0.379 e. The summed E-state index contributed by atoms with van der Waals surface area (Å²) in [7, 11) is -3.72. The lowest BCUT2D eigenvalue weighted by Crippen LogP contribution is -2.40. The highest BCUT2D eigenvalue weighted by atomic mass is 32.2. The third kappa shape index (κ3) is 4.77. The minimum atomic E-state index is -3.72. The van der Waals surface area contributed by atoms with Crippen LogP contribution in [0.25, 0.3) is 5.69 Å². The molecule has 2 heterocycles. The van der Waals surface area contributed by atoms with E-state index in [0.717, 1.165) is 0 Å². The highest BCUT2D eigenvalue weighted by Crippen LogP contribution is 2.24. The number of morpholine rings is 1. The lowest BCUT2D eigenvalue weighted by Gasteiger charge is -2.26. The quantitative estimate of drug-likeness (QED) is 0.430. The van der Waals surface area contributed by atoms with Gasteiger partial charge in [-0.2, -0.15) is 9.40 Å². The van der Waals surface area contributed by atoms with Crippen molar-refractivity contribution in [3.8, 4) is 5.69 Å². The van der Waals surface area contributed by atoms with Crippen LogP contribution in [0.1, 0.15) is 16.1 Å². The number of anilines is 1. The van der Waals surface area contributed by atoms with Crippen LogP contribution in [0.4, 0.5) is 11.4 Å². The lowest BCUT2D eigenvalue weighted by molar-refractivity contribution is -0.384. The number of benzene rings is 2. The van der Waals surface area contributed by atoms with E-state index >= 15 is 0 Å². The van der Waals surface area contributed by atoms with Crippen LogP contribution in [0, 0.1) is 17.0 Å². The van der Waals surface area contributed by atoms with Crippen molar-refractivity contribution in [3.63, 3.8) is 0 Å². The maximum Gasteiger partial charge on any atom is 0.276 e. The molecule has 1 amide bonds. The summed E-state index contributed by atoms with van der Waals surface area (Å²) in [5, 5.41) is 17.9. The highest BCUT2D eigenvalue weighted by molar-refractivity contribution is 7.89. The van der Waals surface area contributed by atoms with E-state index in [1.54, 1.807) is 19.1 Å². The average Bonchev–Trinajstić information content (AvgIpc) is 3.31. The molecule has 4 rings (SSSR count). The van der Waals surface area contributed by atoms with Gasteiger partial charge in [0.1, 0.15) is 0 Å². The number of non-ortho nitro benzene ring substituents is 1. The Morgan fingerprint density at radius 3 is 2.64 bits per heavy atom. The molecule has 12 heteroatoms. The molecule has 1 saturated heterocycles. The zero-order valence-corrected chi connectivity index (χ0v) is 18.5. The van der Waals surface area contributed by atoms with Crippen molar-refractivity contribution in [2.45, 2.75) is 11.8 Å². The number of carbonyl (C=O) groups excluding carboxylic acids is 1. The van der Waals surface area contributed by atoms with E-state index in [4.69, 9.17) is 4.74 Å². The van der Waals surface area contributed by atoms with Gasteiger partial charge in [0.2, 0.25) is 10.0 Å². The second kappa shape index (κ2) is 9.10. The molecule has 3 aromatic rings. The number of nitro benzene ring substituents is 1. The number of sulfonamides is 1. The highest BCUT2D eigenvalue weighted by Gasteiger charge is 2.27. The predicted molar refractivity (Wildman–Crippen MR) is 119 cm³/mol. The van der Waals surface area contributed by atoms with Crippen molar-refractivity contribution in [2.24, 2.45) is 0 Å². The summed E-state index contributed by atoms with van der Waals surface area (Å²) in [6.45, 7) is 2.96. The van der Waals surface area contributed by atoms with E-state index in [0.29, 0.717) is 30.2 Å². The Morgan fingerprint density at radius 2 is 1.91 bits per heavy atom. The first kappa shape index (κ1) is 22.6. The molecule has 1 aromatic heterocycles. The standard InChI is InChI=1S/C21H21N5O6S/c1-15-5-6-18(33(30,31)24-9-11-32-12-10-24)14-20(15)22-21(27)19-7-8-25(23-19)16-3-2-4-17(13-16)26(28)29/h2-8,13-14H,9-12H2,1H3,(H,22,27). The summed E-state index contributed by atoms with van der Waals surface area (Å²) >= 11 is 0. The van der Waals surface area contributed by atoms with Crippen LogP contribution in [0.15, 0.2) is 59.6 Å². The Balaban J connectivity index is 1.55. The molecule has 0 atom stereocenters. The Morgan fingerprint density at radius 1 is 1.15 bits per heavy atom. The summed E-state index contributed by atoms with van der Waals surface area (Å²) in [5.41, 5.74) is 1.44. The van der Waals surface area contributed by atoms with Gasteiger partial charge in [0.15, 0.2) is 5.69 Å². The summed E-state index contributed by atoms with van der Waals surface area (Å²) in [6, 6.07) is 11.9. The lowest BCUT2D eigenvalue weighted by atomic mass is 10.2. The number of ether oxygens (including phenoxy) is 1. The number of hydrogen-bond acceptors (Lipinski definition) is 7. The molecule has 1 aliphatic rings. The van der Waals surface area contributed by atoms with Gasteiger partial charge < -0.3 is 10.1 Å². The molecule has 1 aliphatic heterocycles.